The fraction of sp³-hybridized carbons (Fsp3) is 0.389. The zero-order valence-corrected chi connectivity index (χ0v) is 15.0. The molecule has 1 aromatic carbocycles. The Bertz CT molecular complexity index is 741. The number of hydrogen-bond acceptors (Lipinski definition) is 4. The highest BCUT2D eigenvalue weighted by Gasteiger charge is 2.30. The second kappa shape index (κ2) is 8.53. The molecule has 26 heavy (non-hydrogen) atoms. The molecule has 2 N–H and O–H groups in total. The molecule has 0 saturated carbocycles. The maximum Gasteiger partial charge on any atom is 0.321 e. The van der Waals surface area contributed by atoms with E-state index >= 15 is 0 Å². The Morgan fingerprint density at radius 2 is 2.23 bits per heavy atom. The Balaban J connectivity index is 1.64. The van der Waals surface area contributed by atoms with E-state index in [-0.39, 0.29) is 29.4 Å². The van der Waals surface area contributed by atoms with Crippen molar-refractivity contribution < 1.29 is 18.7 Å². The molecule has 6 nitrogen and oxygen atoms in total. The molecular weight excluding hydrogens is 361 g/mol. The van der Waals surface area contributed by atoms with Gasteiger partial charge < -0.3 is 19.7 Å². The van der Waals surface area contributed by atoms with Crippen molar-refractivity contribution in [3.63, 3.8) is 0 Å². The van der Waals surface area contributed by atoms with E-state index in [1.54, 1.807) is 11.2 Å². The van der Waals surface area contributed by atoms with Gasteiger partial charge in [-0.15, -0.1) is 0 Å². The van der Waals surface area contributed by atoms with Crippen molar-refractivity contribution >= 4 is 23.3 Å². The van der Waals surface area contributed by atoms with E-state index in [9.17, 15) is 14.3 Å². The Kier molecular flexibility index (Phi) is 6.13. The summed E-state index contributed by atoms with van der Waals surface area (Å²) >= 11 is 6.01. The molecule has 1 aromatic heterocycles. The van der Waals surface area contributed by atoms with Crippen LogP contribution < -0.4 is 5.32 Å². The zero-order chi connectivity index (χ0) is 18.5. The third-order valence-electron chi connectivity index (χ3n) is 4.46. The molecule has 1 unspecified atom stereocenters. The van der Waals surface area contributed by atoms with Crippen LogP contribution in [0.25, 0.3) is 0 Å². The third-order valence-corrected chi connectivity index (χ3v) is 4.79. The lowest BCUT2D eigenvalue weighted by Crippen LogP contribution is -2.55. The van der Waals surface area contributed by atoms with E-state index in [4.69, 9.17) is 16.0 Å². The van der Waals surface area contributed by atoms with Crippen LogP contribution in [0.5, 0.6) is 0 Å². The monoisotopic (exact) mass is 381 g/mol. The number of carbonyl (C=O) groups excluding carboxylic acids is 1. The van der Waals surface area contributed by atoms with Gasteiger partial charge in [-0.05, 0) is 36.8 Å². The summed E-state index contributed by atoms with van der Waals surface area (Å²) < 4.78 is 18.8. The number of nitrogens with one attached hydrogen (secondary N) is 1. The van der Waals surface area contributed by atoms with E-state index in [1.807, 2.05) is 12.1 Å². The largest absolute Gasteiger partial charge is 0.468 e. The number of rotatable bonds is 5. The maximum atomic E-state index is 13.4. The topological polar surface area (TPSA) is 69.0 Å². The molecule has 140 valence electrons. The molecule has 1 atom stereocenters. The normalized spacial score (nSPS) is 18.1. The Morgan fingerprint density at radius 3 is 2.96 bits per heavy atom. The number of furan rings is 1. The van der Waals surface area contributed by atoms with Crippen LogP contribution in [0.4, 0.5) is 14.9 Å². The molecule has 3 rings (SSSR count). The Hall–Kier alpha value is -2.09. The number of amides is 2. The summed E-state index contributed by atoms with van der Waals surface area (Å²) in [5.41, 5.74) is 0.244. The molecule has 2 amide bonds. The first-order valence-corrected chi connectivity index (χ1v) is 8.83. The number of piperazine rings is 1. The lowest BCUT2D eigenvalue weighted by Gasteiger charge is -2.41. The molecule has 0 aliphatic carbocycles. The number of anilines is 1. The Labute approximate surface area is 156 Å². The van der Waals surface area contributed by atoms with E-state index in [0.29, 0.717) is 32.6 Å². The van der Waals surface area contributed by atoms with E-state index in [2.05, 4.69) is 10.2 Å². The summed E-state index contributed by atoms with van der Waals surface area (Å²) in [6.45, 7) is 2.28. The van der Waals surface area contributed by atoms with Gasteiger partial charge in [0, 0.05) is 32.3 Å². The number of nitrogens with zero attached hydrogens (tertiary/aromatic N) is 2. The minimum atomic E-state index is -0.467. The van der Waals surface area contributed by atoms with Gasteiger partial charge in [0.15, 0.2) is 0 Å². The molecule has 0 spiro atoms. The molecule has 0 radical (unpaired) electrons. The lowest BCUT2D eigenvalue weighted by atomic mass is 10.1. The van der Waals surface area contributed by atoms with Crippen LogP contribution in [-0.2, 0) is 6.54 Å². The standard InChI is InChI=1S/C18H21ClFN3O3/c19-16-4-3-13(20)10-17(16)21-18(25)23-7-6-22(14(11-23)5-8-24)12-15-2-1-9-26-15/h1-4,9-10,14,24H,5-8,11-12H2,(H,21,25). The summed E-state index contributed by atoms with van der Waals surface area (Å²) in [6.07, 6.45) is 2.17. The molecular formula is C18H21ClFN3O3. The molecule has 1 aliphatic heterocycles. The van der Waals surface area contributed by atoms with Crippen molar-refractivity contribution in [2.45, 2.75) is 19.0 Å². The number of aliphatic hydroxyl groups is 1. The van der Waals surface area contributed by atoms with E-state index in [1.165, 1.54) is 18.2 Å². The minimum Gasteiger partial charge on any atom is -0.468 e. The fourth-order valence-corrected chi connectivity index (χ4v) is 3.26. The molecule has 1 saturated heterocycles. The van der Waals surface area contributed by atoms with Gasteiger partial charge in [-0.25, -0.2) is 9.18 Å². The predicted octanol–water partition coefficient (Wildman–Crippen LogP) is 3.17. The maximum absolute atomic E-state index is 13.4. The number of benzene rings is 1. The van der Waals surface area contributed by atoms with Crippen LogP contribution >= 0.6 is 11.6 Å². The van der Waals surface area contributed by atoms with Crippen molar-refractivity contribution in [3.05, 3.63) is 53.2 Å². The highest BCUT2D eigenvalue weighted by Crippen LogP contribution is 2.24. The summed E-state index contributed by atoms with van der Waals surface area (Å²) in [5.74, 6) is 0.378. The average Bonchev–Trinajstić information content (AvgIpc) is 3.13. The Morgan fingerprint density at radius 1 is 1.38 bits per heavy atom. The average molecular weight is 382 g/mol. The first-order valence-electron chi connectivity index (χ1n) is 8.45. The van der Waals surface area contributed by atoms with Gasteiger partial charge in [-0.3, -0.25) is 4.90 Å². The smallest absolute Gasteiger partial charge is 0.321 e. The summed E-state index contributed by atoms with van der Waals surface area (Å²) in [5, 5.41) is 12.3. The van der Waals surface area contributed by atoms with Gasteiger partial charge in [0.1, 0.15) is 11.6 Å². The SMILES string of the molecule is O=C(Nc1cc(F)ccc1Cl)N1CCN(Cc2ccco2)C(CCO)C1. The van der Waals surface area contributed by atoms with E-state index in [0.717, 1.165) is 5.76 Å². The fourth-order valence-electron chi connectivity index (χ4n) is 3.10. The van der Waals surface area contributed by atoms with Crippen molar-refractivity contribution in [1.29, 1.82) is 0 Å². The van der Waals surface area contributed by atoms with E-state index < -0.39 is 5.82 Å². The van der Waals surface area contributed by atoms with Crippen molar-refractivity contribution in [1.82, 2.24) is 9.80 Å². The van der Waals surface area contributed by atoms with Crippen LogP contribution in [0.15, 0.2) is 41.0 Å². The zero-order valence-electron chi connectivity index (χ0n) is 14.2. The van der Waals surface area contributed by atoms with Crippen LogP contribution in [0, 0.1) is 5.82 Å². The first kappa shape index (κ1) is 18.7. The summed E-state index contributed by atoms with van der Waals surface area (Å²) in [7, 11) is 0. The second-order valence-corrected chi connectivity index (χ2v) is 6.62. The van der Waals surface area contributed by atoms with Gasteiger partial charge in [0.05, 0.1) is 23.5 Å². The number of carbonyl (C=O) groups is 1. The minimum absolute atomic E-state index is 0.00702. The molecule has 1 fully saturated rings. The van der Waals surface area contributed by atoms with Crippen LogP contribution in [0.1, 0.15) is 12.2 Å². The van der Waals surface area contributed by atoms with Crippen molar-refractivity contribution in [3.8, 4) is 0 Å². The number of urea groups is 1. The number of hydrogen-bond donors (Lipinski definition) is 2. The molecule has 2 heterocycles. The van der Waals surface area contributed by atoms with Crippen LogP contribution in [-0.4, -0.2) is 53.2 Å². The third kappa shape index (κ3) is 4.55. The van der Waals surface area contributed by atoms with Gasteiger partial charge in [0.25, 0.3) is 0 Å². The number of aliphatic hydroxyl groups excluding tert-OH is 1. The summed E-state index contributed by atoms with van der Waals surface area (Å²) in [4.78, 5) is 16.4. The van der Waals surface area contributed by atoms with Crippen molar-refractivity contribution in [2.24, 2.45) is 0 Å². The first-order chi connectivity index (χ1) is 12.6. The van der Waals surface area contributed by atoms with Gasteiger partial charge in [-0.1, -0.05) is 11.6 Å². The summed E-state index contributed by atoms with van der Waals surface area (Å²) in [6, 6.07) is 7.25. The quantitative estimate of drug-likeness (QED) is 0.834. The highest BCUT2D eigenvalue weighted by atomic mass is 35.5. The van der Waals surface area contributed by atoms with Gasteiger partial charge >= 0.3 is 6.03 Å². The van der Waals surface area contributed by atoms with Crippen molar-refractivity contribution in [2.75, 3.05) is 31.6 Å². The molecule has 2 aromatic rings. The molecule has 1 aliphatic rings. The molecule has 0 bridgehead atoms. The van der Waals surface area contributed by atoms with Crippen LogP contribution in [0.3, 0.4) is 0 Å². The second-order valence-electron chi connectivity index (χ2n) is 6.22. The number of halogens is 2. The lowest BCUT2D eigenvalue weighted by molar-refractivity contribution is 0.0669. The van der Waals surface area contributed by atoms with Crippen LogP contribution in [0.2, 0.25) is 5.02 Å². The van der Waals surface area contributed by atoms with Gasteiger partial charge in [-0.2, -0.15) is 0 Å². The highest BCUT2D eigenvalue weighted by molar-refractivity contribution is 6.33. The van der Waals surface area contributed by atoms with Gasteiger partial charge in [0.2, 0.25) is 0 Å². The molecule has 8 heteroatoms. The predicted molar refractivity (Wildman–Crippen MR) is 96.6 cm³/mol.